The number of amides is 1. The molecule has 2 aromatic carbocycles. The van der Waals surface area contributed by atoms with Gasteiger partial charge in [-0.1, -0.05) is 42.1 Å². The number of ether oxygens (including phenoxy) is 6. The van der Waals surface area contributed by atoms with Crippen molar-refractivity contribution in [1.82, 2.24) is 19.2 Å². The number of carbonyl (C=O) groups is 1. The van der Waals surface area contributed by atoms with Crippen LogP contribution in [0.25, 0.3) is 0 Å². The number of sulfonamides is 1. The summed E-state index contributed by atoms with van der Waals surface area (Å²) < 4.78 is 66.6. The minimum atomic E-state index is -4.08. The topological polar surface area (TPSA) is 168 Å². The van der Waals surface area contributed by atoms with Gasteiger partial charge in [0.05, 0.1) is 36.2 Å². The average molecular weight is 725 g/mol. The number of hydrogen-bond donors (Lipinski definition) is 2. The molecule has 0 bridgehead atoms. The molecule has 0 radical (unpaired) electrons. The van der Waals surface area contributed by atoms with Crippen molar-refractivity contribution in [3.63, 3.8) is 0 Å². The van der Waals surface area contributed by atoms with Crippen molar-refractivity contribution in [3.05, 3.63) is 58.1 Å². The zero-order valence-electron chi connectivity index (χ0n) is 26.3. The Kier molecular flexibility index (Phi) is 10.9. The maximum Gasteiger partial charge on any atom is 0.407 e. The fourth-order valence-corrected chi connectivity index (χ4v) is 8.00. The van der Waals surface area contributed by atoms with Crippen LogP contribution in [0.1, 0.15) is 31.5 Å². The molecule has 5 atom stereocenters. The standard InChI is InChI=1S/C31H37ClN4O10S2/c1-18(2)13-36(48(39,40)21-7-8-26-27(12-21)45-17-44-26)14-25(37)23(33-31(38)46-28-16-43-30-22(28)9-10-41-30)11-19-3-5-20(6-4-19)42-15-24-29(32)47-35-34-24/h3-8,12,18,22-23,25,28,30,37H,9-11,13-17H2,1-2H3,(H,33,38)/t22?,23-,25+,28-,30+/m0/s1. The molecule has 0 aliphatic carbocycles. The van der Waals surface area contributed by atoms with Crippen LogP contribution < -0.4 is 19.5 Å². The number of rotatable bonds is 14. The lowest BCUT2D eigenvalue weighted by Gasteiger charge is -2.31. The Morgan fingerprint density at radius 1 is 1.15 bits per heavy atom. The van der Waals surface area contributed by atoms with E-state index < -0.39 is 40.7 Å². The SMILES string of the molecule is CC(C)CN(C[C@@H](O)[C@H](Cc1ccc(OCc2nnsc2Cl)cc1)NC(=O)O[C@H]1CO[C@H]2OCCC21)S(=O)(=O)c1ccc2c(c1)OCO2. The Balaban J connectivity index is 1.18. The lowest BCUT2D eigenvalue weighted by Crippen LogP contribution is -2.51. The van der Waals surface area contributed by atoms with Crippen LogP contribution in [0.15, 0.2) is 47.4 Å². The minimum absolute atomic E-state index is 0.00282. The van der Waals surface area contributed by atoms with Gasteiger partial charge in [0.1, 0.15) is 28.5 Å². The molecule has 3 aromatic rings. The number of benzene rings is 2. The number of hydrogen-bond acceptors (Lipinski definition) is 13. The number of halogens is 1. The van der Waals surface area contributed by atoms with E-state index in [1.54, 1.807) is 30.3 Å². The van der Waals surface area contributed by atoms with E-state index in [0.717, 1.165) is 17.1 Å². The summed E-state index contributed by atoms with van der Waals surface area (Å²) >= 11 is 7.14. The lowest BCUT2D eigenvalue weighted by molar-refractivity contribution is -0.0907. The lowest BCUT2D eigenvalue weighted by atomic mass is 10.0. The summed E-state index contributed by atoms with van der Waals surface area (Å²) in [5.41, 5.74) is 1.28. The molecule has 6 rings (SSSR count). The Morgan fingerprint density at radius 3 is 2.69 bits per heavy atom. The summed E-state index contributed by atoms with van der Waals surface area (Å²) in [5.74, 6) is 1.20. The smallest absolute Gasteiger partial charge is 0.407 e. The van der Waals surface area contributed by atoms with Gasteiger partial charge in [0.2, 0.25) is 16.8 Å². The predicted octanol–water partition coefficient (Wildman–Crippen LogP) is 3.61. The van der Waals surface area contributed by atoms with Crippen LogP contribution in [-0.2, 0) is 37.3 Å². The van der Waals surface area contributed by atoms with Gasteiger partial charge in [0.15, 0.2) is 17.8 Å². The zero-order valence-corrected chi connectivity index (χ0v) is 28.7. The van der Waals surface area contributed by atoms with Gasteiger partial charge in [-0.25, -0.2) is 13.2 Å². The number of nitrogens with zero attached hydrogens (tertiary/aromatic N) is 3. The van der Waals surface area contributed by atoms with Crippen LogP contribution in [0, 0.1) is 11.8 Å². The Labute approximate surface area is 287 Å². The third-order valence-electron chi connectivity index (χ3n) is 8.22. The highest BCUT2D eigenvalue weighted by atomic mass is 35.5. The normalized spacial score (nSPS) is 21.3. The molecule has 14 nitrogen and oxygen atoms in total. The number of carbonyl (C=O) groups excluding carboxylic acids is 1. The van der Waals surface area contributed by atoms with Crippen LogP contribution in [-0.4, -0.2) is 91.1 Å². The van der Waals surface area contributed by atoms with Crippen LogP contribution >= 0.6 is 23.1 Å². The van der Waals surface area contributed by atoms with Gasteiger partial charge in [-0.05, 0) is 48.6 Å². The van der Waals surface area contributed by atoms with E-state index in [1.807, 2.05) is 13.8 Å². The molecule has 2 fully saturated rings. The molecule has 48 heavy (non-hydrogen) atoms. The van der Waals surface area contributed by atoms with E-state index in [1.165, 1.54) is 16.4 Å². The maximum absolute atomic E-state index is 13.9. The van der Waals surface area contributed by atoms with Gasteiger partial charge < -0.3 is 38.8 Å². The van der Waals surface area contributed by atoms with Crippen molar-refractivity contribution in [2.24, 2.45) is 11.8 Å². The Bertz CT molecular complexity index is 1680. The van der Waals surface area contributed by atoms with Crippen molar-refractivity contribution in [2.75, 3.05) is 33.1 Å². The highest BCUT2D eigenvalue weighted by molar-refractivity contribution is 7.89. The Hall–Kier alpha value is -3.25. The van der Waals surface area contributed by atoms with E-state index in [-0.39, 0.29) is 56.2 Å². The number of aliphatic hydroxyl groups excluding tert-OH is 1. The fourth-order valence-electron chi connectivity index (χ4n) is 5.76. The van der Waals surface area contributed by atoms with Crippen molar-refractivity contribution >= 4 is 39.2 Å². The molecule has 4 heterocycles. The predicted molar refractivity (Wildman–Crippen MR) is 173 cm³/mol. The molecule has 1 unspecified atom stereocenters. The summed E-state index contributed by atoms with van der Waals surface area (Å²) in [6.07, 6.45) is -2.11. The zero-order chi connectivity index (χ0) is 33.8. The van der Waals surface area contributed by atoms with Gasteiger partial charge in [-0.3, -0.25) is 0 Å². The molecule has 0 spiro atoms. The number of aliphatic hydroxyl groups is 1. The van der Waals surface area contributed by atoms with Crippen LogP contribution in [0.5, 0.6) is 17.2 Å². The summed E-state index contributed by atoms with van der Waals surface area (Å²) in [7, 11) is -4.08. The first-order valence-electron chi connectivity index (χ1n) is 15.5. The highest BCUT2D eigenvalue weighted by Crippen LogP contribution is 2.35. The molecule has 3 aliphatic rings. The van der Waals surface area contributed by atoms with Crippen LogP contribution in [0.2, 0.25) is 4.34 Å². The molecule has 2 N–H and O–H groups in total. The van der Waals surface area contributed by atoms with E-state index in [0.29, 0.717) is 40.3 Å². The number of nitrogens with one attached hydrogen (secondary N) is 1. The summed E-state index contributed by atoms with van der Waals surface area (Å²) in [4.78, 5) is 13.2. The molecule has 0 saturated carbocycles. The van der Waals surface area contributed by atoms with E-state index >= 15 is 0 Å². The number of fused-ring (bicyclic) bond motifs is 2. The second kappa shape index (κ2) is 15.1. The molecular formula is C31H37ClN4O10S2. The first-order chi connectivity index (χ1) is 23.1. The van der Waals surface area contributed by atoms with Crippen molar-refractivity contribution < 1.29 is 46.7 Å². The van der Waals surface area contributed by atoms with E-state index in [2.05, 4.69) is 14.9 Å². The van der Waals surface area contributed by atoms with Crippen molar-refractivity contribution in [3.8, 4) is 17.2 Å². The molecular weight excluding hydrogens is 688 g/mol. The first-order valence-corrected chi connectivity index (χ1v) is 18.1. The van der Waals surface area contributed by atoms with Gasteiger partial charge in [0.25, 0.3) is 0 Å². The maximum atomic E-state index is 13.9. The summed E-state index contributed by atoms with van der Waals surface area (Å²) in [6, 6.07) is 10.6. The third kappa shape index (κ3) is 8.13. The fraction of sp³-hybridized carbons (Fsp3) is 0.516. The Morgan fingerprint density at radius 2 is 1.94 bits per heavy atom. The number of alkyl carbamates (subject to hydrolysis) is 1. The van der Waals surface area contributed by atoms with Crippen molar-refractivity contribution in [2.45, 2.75) is 62.7 Å². The van der Waals surface area contributed by atoms with Crippen LogP contribution in [0.3, 0.4) is 0 Å². The second-order valence-electron chi connectivity index (χ2n) is 12.1. The molecule has 3 aliphatic heterocycles. The van der Waals surface area contributed by atoms with Gasteiger partial charge in [0, 0.05) is 30.7 Å². The average Bonchev–Trinajstić information content (AvgIpc) is 3.86. The highest BCUT2D eigenvalue weighted by Gasteiger charge is 2.44. The minimum Gasteiger partial charge on any atom is -0.487 e. The second-order valence-corrected chi connectivity index (χ2v) is 15.4. The van der Waals surface area contributed by atoms with Crippen LogP contribution in [0.4, 0.5) is 4.79 Å². The van der Waals surface area contributed by atoms with Gasteiger partial charge >= 0.3 is 6.09 Å². The molecule has 1 amide bonds. The molecule has 1 aromatic heterocycles. The van der Waals surface area contributed by atoms with E-state index in [4.69, 9.17) is 40.0 Å². The van der Waals surface area contributed by atoms with Gasteiger partial charge in [-0.2, -0.15) is 4.31 Å². The van der Waals surface area contributed by atoms with E-state index in [9.17, 15) is 18.3 Å². The van der Waals surface area contributed by atoms with Crippen molar-refractivity contribution in [1.29, 1.82) is 0 Å². The molecule has 2 saturated heterocycles. The monoisotopic (exact) mass is 724 g/mol. The quantitative estimate of drug-likeness (QED) is 0.248. The van der Waals surface area contributed by atoms with Gasteiger partial charge in [-0.15, -0.1) is 5.10 Å². The molecule has 17 heteroatoms. The molecule has 260 valence electrons. The largest absolute Gasteiger partial charge is 0.487 e. The first kappa shape index (κ1) is 34.6. The summed E-state index contributed by atoms with van der Waals surface area (Å²) in [5, 5.41) is 18.4. The third-order valence-corrected chi connectivity index (χ3v) is 11.0. The summed E-state index contributed by atoms with van der Waals surface area (Å²) in [6.45, 7) is 4.46. The number of aromatic nitrogens is 2.